The summed E-state index contributed by atoms with van der Waals surface area (Å²) in [7, 11) is 1.55. The van der Waals surface area contributed by atoms with Crippen molar-refractivity contribution in [3.8, 4) is 5.75 Å². The van der Waals surface area contributed by atoms with E-state index in [1.807, 2.05) is 73.7 Å². The summed E-state index contributed by atoms with van der Waals surface area (Å²) in [4.78, 5) is 50.5. The number of hydrogen-bond acceptors (Lipinski definition) is 7. The standard InChI is InChI=1S/C30H29N5O4S/c1-3-25(28(37)33-22-15-9-10-16-24(22)39-2)40-30-34-21-14-8-7-13-20(21)27-32-23(29(38)35(27)30)17-26(36)31-18-19-11-5-4-6-12-19/h4-16,23,25H,3,17-18H2,1-2H3,(H,31,36)(H,33,37)/t23-,25-/m1/s1. The number of carbonyl (C=O) groups excluding carboxylic acids is 3. The fraction of sp³-hybridized carbons (Fsp3) is 0.233. The predicted molar refractivity (Wildman–Crippen MR) is 157 cm³/mol. The maximum Gasteiger partial charge on any atom is 0.259 e. The highest BCUT2D eigenvalue weighted by Crippen LogP contribution is 2.36. The average molecular weight is 556 g/mol. The predicted octanol–water partition coefficient (Wildman–Crippen LogP) is 4.51. The minimum atomic E-state index is -0.884. The summed E-state index contributed by atoms with van der Waals surface area (Å²) in [6, 6.07) is 23.3. The highest BCUT2D eigenvalue weighted by molar-refractivity contribution is 8.15. The van der Waals surface area contributed by atoms with Crippen LogP contribution in [0.4, 0.5) is 11.4 Å². The molecule has 0 spiro atoms. The Morgan fingerprint density at radius 2 is 1.75 bits per heavy atom. The Bertz CT molecular complexity index is 1490. The van der Waals surface area contributed by atoms with E-state index in [1.54, 1.807) is 19.2 Å². The number of fused-ring (bicyclic) bond motifs is 3. The lowest BCUT2D eigenvalue weighted by atomic mass is 10.1. The molecule has 0 bridgehead atoms. The molecule has 40 heavy (non-hydrogen) atoms. The Balaban J connectivity index is 1.34. The first kappa shape index (κ1) is 27.1. The highest BCUT2D eigenvalue weighted by atomic mass is 32.2. The Morgan fingerprint density at radius 3 is 2.52 bits per heavy atom. The van der Waals surface area contributed by atoms with Crippen LogP contribution >= 0.6 is 11.8 Å². The van der Waals surface area contributed by atoms with Crippen LogP contribution in [-0.4, -0.2) is 52.0 Å². The van der Waals surface area contributed by atoms with Gasteiger partial charge in [-0.05, 0) is 36.2 Å². The molecule has 2 atom stereocenters. The monoisotopic (exact) mass is 555 g/mol. The molecule has 0 saturated heterocycles. The van der Waals surface area contributed by atoms with E-state index in [-0.39, 0.29) is 24.1 Å². The number of nitrogens with one attached hydrogen (secondary N) is 2. The van der Waals surface area contributed by atoms with Crippen molar-refractivity contribution in [3.05, 3.63) is 90.0 Å². The summed E-state index contributed by atoms with van der Waals surface area (Å²) in [5.74, 6) is 0.149. The largest absolute Gasteiger partial charge is 0.495 e. The third-order valence-electron chi connectivity index (χ3n) is 6.53. The summed E-state index contributed by atoms with van der Waals surface area (Å²) in [5.41, 5.74) is 2.89. The molecule has 2 aliphatic heterocycles. The normalized spacial score (nSPS) is 16.3. The second-order valence-electron chi connectivity index (χ2n) is 9.22. The van der Waals surface area contributed by atoms with Gasteiger partial charge < -0.3 is 15.4 Å². The van der Waals surface area contributed by atoms with Crippen molar-refractivity contribution in [2.75, 3.05) is 12.4 Å². The number of nitrogens with zero attached hydrogens (tertiary/aromatic N) is 3. The van der Waals surface area contributed by atoms with E-state index in [1.165, 1.54) is 16.7 Å². The van der Waals surface area contributed by atoms with Crippen LogP contribution in [0.3, 0.4) is 0 Å². The number of thioether (sulfide) groups is 1. The minimum absolute atomic E-state index is 0.0860. The highest BCUT2D eigenvalue weighted by Gasteiger charge is 2.43. The van der Waals surface area contributed by atoms with Crippen LogP contribution in [0, 0.1) is 0 Å². The van der Waals surface area contributed by atoms with Gasteiger partial charge in [-0.2, -0.15) is 0 Å². The number of carbonyl (C=O) groups is 3. The number of amidine groups is 2. The van der Waals surface area contributed by atoms with Crippen molar-refractivity contribution in [1.29, 1.82) is 0 Å². The van der Waals surface area contributed by atoms with Gasteiger partial charge in [0.15, 0.2) is 5.17 Å². The molecule has 0 saturated carbocycles. The van der Waals surface area contributed by atoms with Crippen LogP contribution in [0.1, 0.15) is 30.9 Å². The number of methoxy groups -OCH3 is 1. The van der Waals surface area contributed by atoms with Gasteiger partial charge in [0.2, 0.25) is 11.8 Å². The molecule has 2 N–H and O–H groups in total. The quantitative estimate of drug-likeness (QED) is 0.404. The van der Waals surface area contributed by atoms with Crippen LogP contribution in [0.2, 0.25) is 0 Å². The average Bonchev–Trinajstić information content (AvgIpc) is 3.31. The van der Waals surface area contributed by atoms with E-state index < -0.39 is 11.3 Å². The Morgan fingerprint density at radius 1 is 1.02 bits per heavy atom. The van der Waals surface area contributed by atoms with Crippen LogP contribution in [0.5, 0.6) is 5.75 Å². The molecule has 0 aromatic heterocycles. The van der Waals surface area contributed by atoms with Crippen molar-refractivity contribution < 1.29 is 19.1 Å². The van der Waals surface area contributed by atoms with Crippen molar-refractivity contribution in [2.45, 2.75) is 37.6 Å². The molecule has 10 heteroatoms. The smallest absolute Gasteiger partial charge is 0.259 e. The third-order valence-corrected chi connectivity index (χ3v) is 7.85. The molecule has 2 aliphatic rings. The number of para-hydroxylation sites is 3. The number of rotatable bonds is 9. The Kier molecular flexibility index (Phi) is 8.26. The molecule has 3 amide bonds. The first-order valence-corrected chi connectivity index (χ1v) is 13.9. The van der Waals surface area contributed by atoms with Gasteiger partial charge in [-0.25, -0.2) is 9.89 Å². The van der Waals surface area contributed by atoms with Gasteiger partial charge in [0.1, 0.15) is 17.6 Å². The van der Waals surface area contributed by atoms with E-state index >= 15 is 0 Å². The number of hydrogen-bond donors (Lipinski definition) is 2. The zero-order chi connectivity index (χ0) is 28.1. The van der Waals surface area contributed by atoms with Crippen LogP contribution in [0.25, 0.3) is 0 Å². The maximum absolute atomic E-state index is 13.6. The van der Waals surface area contributed by atoms with Crippen LogP contribution in [-0.2, 0) is 20.9 Å². The molecule has 2 heterocycles. The van der Waals surface area contributed by atoms with Crippen LogP contribution < -0.4 is 15.4 Å². The Hall–Kier alpha value is -4.44. The van der Waals surface area contributed by atoms with E-state index in [0.29, 0.717) is 46.7 Å². The van der Waals surface area contributed by atoms with E-state index in [0.717, 1.165) is 5.56 Å². The van der Waals surface area contributed by atoms with Gasteiger partial charge in [-0.3, -0.25) is 19.4 Å². The Labute approximate surface area is 236 Å². The van der Waals surface area contributed by atoms with E-state index in [4.69, 9.17) is 9.73 Å². The van der Waals surface area contributed by atoms with Gasteiger partial charge in [0.25, 0.3) is 5.91 Å². The molecular formula is C30H29N5O4S. The first-order valence-electron chi connectivity index (χ1n) is 13.0. The number of anilines is 1. The lowest BCUT2D eigenvalue weighted by Gasteiger charge is -2.27. The summed E-state index contributed by atoms with van der Waals surface area (Å²) in [5, 5.41) is 5.61. The fourth-order valence-electron chi connectivity index (χ4n) is 4.47. The molecule has 204 valence electrons. The van der Waals surface area contributed by atoms with E-state index in [2.05, 4.69) is 15.6 Å². The van der Waals surface area contributed by atoms with Crippen molar-refractivity contribution in [1.82, 2.24) is 10.2 Å². The van der Waals surface area contributed by atoms with Crippen molar-refractivity contribution >= 4 is 51.9 Å². The number of benzene rings is 3. The van der Waals surface area contributed by atoms with Gasteiger partial charge in [0, 0.05) is 12.1 Å². The van der Waals surface area contributed by atoms with Crippen molar-refractivity contribution in [3.63, 3.8) is 0 Å². The SMILES string of the molecule is CC[C@@H](SC1=Nc2ccccc2C2=N[C@H](CC(=O)NCc3ccccc3)C(=O)N12)C(=O)Nc1ccccc1OC. The number of amides is 3. The zero-order valence-corrected chi connectivity index (χ0v) is 23.0. The van der Waals surface area contributed by atoms with Gasteiger partial charge in [0.05, 0.1) is 30.2 Å². The van der Waals surface area contributed by atoms with Crippen molar-refractivity contribution in [2.24, 2.45) is 9.98 Å². The molecule has 0 radical (unpaired) electrons. The summed E-state index contributed by atoms with van der Waals surface area (Å²) in [6.07, 6.45) is 0.406. The van der Waals surface area contributed by atoms with Gasteiger partial charge >= 0.3 is 0 Å². The van der Waals surface area contributed by atoms with Crippen LogP contribution in [0.15, 0.2) is 88.8 Å². The summed E-state index contributed by atoms with van der Waals surface area (Å²) >= 11 is 1.20. The molecule has 9 nitrogen and oxygen atoms in total. The van der Waals surface area contributed by atoms with Gasteiger partial charge in [-0.1, -0.05) is 73.3 Å². The fourth-order valence-corrected chi connectivity index (χ4v) is 5.49. The maximum atomic E-state index is 13.6. The molecule has 0 fully saturated rings. The number of aliphatic imine (C=N–C) groups is 2. The molecular weight excluding hydrogens is 526 g/mol. The number of ether oxygens (including phenoxy) is 1. The third kappa shape index (κ3) is 5.76. The zero-order valence-electron chi connectivity index (χ0n) is 22.2. The molecule has 0 unspecified atom stereocenters. The second-order valence-corrected chi connectivity index (χ2v) is 10.4. The summed E-state index contributed by atoms with van der Waals surface area (Å²) in [6.45, 7) is 2.27. The molecule has 3 aromatic rings. The molecule has 5 rings (SSSR count). The first-order chi connectivity index (χ1) is 19.5. The second kappa shape index (κ2) is 12.2. The van der Waals surface area contributed by atoms with Gasteiger partial charge in [-0.15, -0.1) is 0 Å². The molecule has 3 aromatic carbocycles. The lowest BCUT2D eigenvalue weighted by molar-refractivity contribution is -0.128. The minimum Gasteiger partial charge on any atom is -0.495 e. The van der Waals surface area contributed by atoms with E-state index in [9.17, 15) is 14.4 Å². The molecule has 0 aliphatic carbocycles. The lowest BCUT2D eigenvalue weighted by Crippen LogP contribution is -2.43. The topological polar surface area (TPSA) is 112 Å². The summed E-state index contributed by atoms with van der Waals surface area (Å²) < 4.78 is 5.36.